The zero-order valence-electron chi connectivity index (χ0n) is 19.5. The van der Waals surface area contributed by atoms with Crippen molar-refractivity contribution in [3.8, 4) is 6.07 Å². The second-order valence-electron chi connectivity index (χ2n) is 10.0. The van der Waals surface area contributed by atoms with Crippen LogP contribution in [0.25, 0.3) is 0 Å². The molecule has 2 aromatic rings. The van der Waals surface area contributed by atoms with Crippen LogP contribution >= 0.6 is 0 Å². The summed E-state index contributed by atoms with van der Waals surface area (Å²) in [6, 6.07) is 5.52. The number of hydrogen-bond donors (Lipinski definition) is 0. The summed E-state index contributed by atoms with van der Waals surface area (Å²) in [5.74, 6) is 0.727. The number of anilines is 1. The molecule has 1 saturated carbocycles. The van der Waals surface area contributed by atoms with Crippen LogP contribution in [-0.2, 0) is 10.9 Å². The summed E-state index contributed by atoms with van der Waals surface area (Å²) in [6.45, 7) is 4.82. The predicted molar refractivity (Wildman–Crippen MR) is 120 cm³/mol. The van der Waals surface area contributed by atoms with Gasteiger partial charge in [-0.3, -0.25) is 4.79 Å². The first-order chi connectivity index (χ1) is 16.7. The van der Waals surface area contributed by atoms with Gasteiger partial charge in [-0.05, 0) is 56.2 Å². The Morgan fingerprint density at radius 2 is 2.11 bits per heavy atom. The number of benzene rings is 1. The van der Waals surface area contributed by atoms with E-state index in [0.29, 0.717) is 63.1 Å². The van der Waals surface area contributed by atoms with Crippen LogP contribution in [0.2, 0.25) is 0 Å². The molecule has 0 N–H and O–H groups in total. The highest BCUT2D eigenvalue weighted by molar-refractivity contribution is 5.92. The quantitative estimate of drug-likeness (QED) is 0.604. The highest BCUT2D eigenvalue weighted by Crippen LogP contribution is 2.46. The highest BCUT2D eigenvalue weighted by atomic mass is 19.4. The number of ether oxygens (including phenoxy) is 1. The molecule has 10 heteroatoms. The van der Waals surface area contributed by atoms with Crippen LogP contribution in [0.4, 0.5) is 18.9 Å². The van der Waals surface area contributed by atoms with Crippen LogP contribution in [0.1, 0.15) is 46.6 Å². The lowest BCUT2D eigenvalue weighted by molar-refractivity contribution is -0.137. The number of piperidine rings is 1. The topological polar surface area (TPSA) is 82.6 Å². The summed E-state index contributed by atoms with van der Waals surface area (Å²) in [5.41, 5.74) is -0.774. The van der Waals surface area contributed by atoms with Gasteiger partial charge in [-0.25, -0.2) is 4.98 Å². The number of carbonyl (C=O) groups is 1. The van der Waals surface area contributed by atoms with Gasteiger partial charge in [0.05, 0.1) is 29.5 Å². The van der Waals surface area contributed by atoms with Crippen LogP contribution in [-0.4, -0.2) is 55.2 Å². The summed E-state index contributed by atoms with van der Waals surface area (Å²) in [7, 11) is 0. The molecule has 2 aliphatic heterocycles. The third kappa shape index (κ3) is 4.61. The van der Waals surface area contributed by atoms with E-state index in [4.69, 9.17) is 14.4 Å². The Balaban J connectivity index is 1.41. The number of rotatable bonds is 6. The van der Waals surface area contributed by atoms with Crippen molar-refractivity contribution in [2.75, 3.05) is 44.3 Å². The fraction of sp³-hybridized carbons (Fsp3) is 0.560. The molecule has 186 valence electrons. The first-order valence-corrected chi connectivity index (χ1v) is 11.8. The summed E-state index contributed by atoms with van der Waals surface area (Å²) in [6.07, 6.45) is -0.335. The molecular formula is C25H27F3N4O3. The van der Waals surface area contributed by atoms with Crippen molar-refractivity contribution in [2.45, 2.75) is 32.4 Å². The molecule has 7 nitrogen and oxygen atoms in total. The molecule has 5 rings (SSSR count). The van der Waals surface area contributed by atoms with Gasteiger partial charge >= 0.3 is 6.18 Å². The number of oxazole rings is 1. The Morgan fingerprint density at radius 3 is 2.77 bits per heavy atom. The van der Waals surface area contributed by atoms with Gasteiger partial charge < -0.3 is 19.0 Å². The first kappa shape index (κ1) is 23.7. The summed E-state index contributed by atoms with van der Waals surface area (Å²) in [5, 5.41) is 9.14. The molecule has 3 aliphatic rings. The number of nitriles is 1. The van der Waals surface area contributed by atoms with Gasteiger partial charge in [0.1, 0.15) is 0 Å². The molecular weight excluding hydrogens is 461 g/mol. The maximum absolute atomic E-state index is 13.6. The molecule has 3 heterocycles. The lowest BCUT2D eigenvalue weighted by Crippen LogP contribution is -2.53. The first-order valence-electron chi connectivity index (χ1n) is 11.8. The van der Waals surface area contributed by atoms with Crippen LogP contribution in [0.5, 0.6) is 0 Å². The number of aromatic nitrogens is 1. The molecule has 1 amide bonds. The van der Waals surface area contributed by atoms with E-state index in [-0.39, 0.29) is 23.1 Å². The number of amides is 1. The molecule has 1 aromatic heterocycles. The van der Waals surface area contributed by atoms with E-state index in [1.807, 2.05) is 4.90 Å². The Morgan fingerprint density at radius 1 is 1.31 bits per heavy atom. The fourth-order valence-electron chi connectivity index (χ4n) is 5.39. The van der Waals surface area contributed by atoms with Crippen molar-refractivity contribution in [3.05, 3.63) is 47.2 Å². The molecule has 0 unspecified atom stereocenters. The van der Waals surface area contributed by atoms with E-state index >= 15 is 0 Å². The molecule has 1 aliphatic carbocycles. The minimum Gasteiger partial charge on any atom is -0.438 e. The zero-order chi connectivity index (χ0) is 24.8. The second-order valence-corrected chi connectivity index (χ2v) is 10.0. The normalized spacial score (nSPS) is 24.4. The molecule has 3 fully saturated rings. The Hall–Kier alpha value is -3.06. The molecule has 0 spiro atoms. The fourth-order valence-corrected chi connectivity index (χ4v) is 5.39. The third-order valence-electron chi connectivity index (χ3n) is 7.53. The lowest BCUT2D eigenvalue weighted by atomic mass is 9.74. The van der Waals surface area contributed by atoms with Crippen LogP contribution in [0.15, 0.2) is 29.0 Å². The number of hydrogen-bond acceptors (Lipinski definition) is 6. The van der Waals surface area contributed by atoms with Gasteiger partial charge in [0, 0.05) is 43.9 Å². The van der Waals surface area contributed by atoms with E-state index in [9.17, 15) is 18.0 Å². The molecule has 35 heavy (non-hydrogen) atoms. The van der Waals surface area contributed by atoms with Gasteiger partial charge in [-0.2, -0.15) is 18.4 Å². The van der Waals surface area contributed by atoms with Gasteiger partial charge in [-0.15, -0.1) is 0 Å². The average Bonchev–Trinajstić information content (AvgIpc) is 3.42. The van der Waals surface area contributed by atoms with Gasteiger partial charge in [0.25, 0.3) is 5.91 Å². The second kappa shape index (κ2) is 8.86. The number of likely N-dealkylation sites (tertiary alicyclic amines) is 1. The van der Waals surface area contributed by atoms with Crippen molar-refractivity contribution < 1.29 is 27.1 Å². The van der Waals surface area contributed by atoms with Gasteiger partial charge in [-0.1, -0.05) is 0 Å². The molecule has 0 bridgehead atoms. The van der Waals surface area contributed by atoms with E-state index < -0.39 is 17.2 Å². The maximum Gasteiger partial charge on any atom is 0.417 e. The van der Waals surface area contributed by atoms with Crippen molar-refractivity contribution in [3.63, 3.8) is 0 Å². The molecule has 1 aromatic carbocycles. The highest BCUT2D eigenvalue weighted by Gasteiger charge is 2.51. The third-order valence-corrected chi connectivity index (χ3v) is 7.53. The minimum absolute atomic E-state index is 0.159. The van der Waals surface area contributed by atoms with E-state index in [1.54, 1.807) is 24.0 Å². The summed E-state index contributed by atoms with van der Waals surface area (Å²) in [4.78, 5) is 20.9. The smallest absolute Gasteiger partial charge is 0.417 e. The average molecular weight is 489 g/mol. The van der Waals surface area contributed by atoms with E-state index in [0.717, 1.165) is 18.9 Å². The Bertz CT molecular complexity index is 1150. The zero-order valence-corrected chi connectivity index (χ0v) is 19.5. The number of fused-ring (bicyclic) bond motifs is 1. The summed E-state index contributed by atoms with van der Waals surface area (Å²) < 4.78 is 52.2. The van der Waals surface area contributed by atoms with Crippen molar-refractivity contribution in [1.82, 2.24) is 9.88 Å². The van der Waals surface area contributed by atoms with E-state index in [2.05, 4.69) is 4.98 Å². The van der Waals surface area contributed by atoms with E-state index in [1.165, 1.54) is 12.5 Å². The van der Waals surface area contributed by atoms with Gasteiger partial charge in [0.15, 0.2) is 6.39 Å². The molecule has 0 radical (unpaired) electrons. The van der Waals surface area contributed by atoms with Crippen molar-refractivity contribution in [1.29, 1.82) is 5.26 Å². The Labute approximate surface area is 201 Å². The number of nitrogens with zero attached hydrogens (tertiary/aromatic N) is 4. The monoisotopic (exact) mass is 488 g/mol. The number of alkyl halides is 3. The molecule has 2 saturated heterocycles. The predicted octanol–water partition coefficient (Wildman–Crippen LogP) is 4.27. The largest absolute Gasteiger partial charge is 0.438 e. The molecule has 2 atom stereocenters. The van der Waals surface area contributed by atoms with Crippen molar-refractivity contribution in [2.24, 2.45) is 17.3 Å². The van der Waals surface area contributed by atoms with Gasteiger partial charge in [0.2, 0.25) is 5.76 Å². The van der Waals surface area contributed by atoms with Crippen LogP contribution in [0.3, 0.4) is 0 Å². The van der Waals surface area contributed by atoms with Crippen LogP contribution in [0, 0.1) is 35.5 Å². The number of aryl methyl sites for hydroxylation is 1. The lowest BCUT2D eigenvalue weighted by Gasteiger charge is -2.43. The van der Waals surface area contributed by atoms with Crippen molar-refractivity contribution >= 4 is 11.6 Å². The standard InChI is InChI=1S/C25H27F3N4O3/c1-16-22(35-15-30-16)23(33)31-7-6-19-10-32(13-24(19,12-31)14-34-11-17-2-3-17)20-5-4-18(9-29)21(8-20)25(26,27)28/h4-5,8,15,17,19H,2-3,6-7,10-14H2,1H3/t19-,24+/m0/s1. The maximum atomic E-state index is 13.6. The SMILES string of the molecule is Cc1ncoc1C(=O)N1CC[C@H]2CN(c3ccc(C#N)c(C(F)(F)F)c3)C[C@@]2(COCC2CC2)C1. The minimum atomic E-state index is -4.61. The number of carbonyl (C=O) groups excluding carboxylic acids is 1. The number of halogens is 3. The Kier molecular flexibility index (Phi) is 5.99. The van der Waals surface area contributed by atoms with Crippen LogP contribution < -0.4 is 4.90 Å². The summed E-state index contributed by atoms with van der Waals surface area (Å²) >= 11 is 0.